The van der Waals surface area contributed by atoms with Crippen LogP contribution in [0.5, 0.6) is 5.75 Å². The van der Waals surface area contributed by atoms with Gasteiger partial charge in [-0.05, 0) is 29.0 Å². The Hall–Kier alpha value is -2.61. The van der Waals surface area contributed by atoms with E-state index in [0.29, 0.717) is 23.2 Å². The number of halogens is 1. The molecule has 0 fully saturated rings. The molecule has 0 aliphatic rings. The van der Waals surface area contributed by atoms with Crippen LogP contribution in [0.25, 0.3) is 5.82 Å². The molecular weight excluding hydrogens is 320 g/mol. The van der Waals surface area contributed by atoms with Gasteiger partial charge in [0.15, 0.2) is 11.0 Å². The largest absolute Gasteiger partial charge is 0.488 e. The number of benzene rings is 1. The van der Waals surface area contributed by atoms with Gasteiger partial charge in [-0.15, -0.1) is 4.68 Å². The van der Waals surface area contributed by atoms with Crippen LogP contribution in [-0.2, 0) is 20.7 Å². The summed E-state index contributed by atoms with van der Waals surface area (Å²) in [6, 6.07) is 5.47. The summed E-state index contributed by atoms with van der Waals surface area (Å²) >= 11 is 6.18. The van der Waals surface area contributed by atoms with Crippen LogP contribution in [-0.4, -0.2) is 29.6 Å². The van der Waals surface area contributed by atoms with Crippen LogP contribution in [0, 0.1) is 6.92 Å². The summed E-state index contributed by atoms with van der Waals surface area (Å²) in [5.74, 6) is 1.02. The highest BCUT2D eigenvalue weighted by Gasteiger charge is 2.21. The van der Waals surface area contributed by atoms with Gasteiger partial charge < -0.3 is 4.74 Å². The minimum absolute atomic E-state index is 0.100. The maximum absolute atomic E-state index is 12.1. The summed E-state index contributed by atoms with van der Waals surface area (Å²) in [4.78, 5) is 12.1. The maximum Gasteiger partial charge on any atom is 0.369 e. The monoisotopic (exact) mass is 336 g/mol. The second-order valence-corrected chi connectivity index (χ2v) is 5.35. The van der Waals surface area contributed by atoms with E-state index in [2.05, 4.69) is 15.5 Å². The Morgan fingerprint density at radius 1 is 1.30 bits per heavy atom. The molecule has 23 heavy (non-hydrogen) atoms. The molecule has 0 spiro atoms. The fraction of sp³-hybridized carbons (Fsp3) is 0.286. The summed E-state index contributed by atoms with van der Waals surface area (Å²) in [6.45, 7) is 1.95. The van der Waals surface area contributed by atoms with E-state index in [-0.39, 0.29) is 11.8 Å². The van der Waals surface area contributed by atoms with Crippen molar-refractivity contribution < 1.29 is 6.11 Å². The van der Waals surface area contributed by atoms with E-state index in [9.17, 15) is 4.79 Å². The predicted octanol–water partition coefficient (Wildman–Crippen LogP) is 1.24. The second-order valence-electron chi connectivity index (χ2n) is 4.99. The topological polar surface area (TPSA) is 79.8 Å². The first-order chi connectivity index (χ1) is 11.4. The molecule has 0 N–H and O–H groups in total. The molecule has 0 unspecified atom stereocenters. The molecule has 1 aromatic carbocycles. The lowest BCUT2D eigenvalue weighted by molar-refractivity contribution is 0.303. The fourth-order valence-corrected chi connectivity index (χ4v) is 2.43. The molecule has 0 saturated carbocycles. The first-order valence-electron chi connectivity index (χ1n) is 7.29. The van der Waals surface area contributed by atoms with Crippen LogP contribution in [0.2, 0.25) is 5.15 Å². The molecule has 3 aromatic rings. The highest BCUT2D eigenvalue weighted by atomic mass is 35.5. The van der Waals surface area contributed by atoms with Gasteiger partial charge in [0.05, 0.1) is 6.93 Å². The average Bonchev–Trinajstić information content (AvgIpc) is 2.98. The van der Waals surface area contributed by atoms with Crippen molar-refractivity contribution in [3.8, 4) is 11.6 Å². The number of hydrogen-bond donors (Lipinski definition) is 0. The molecule has 3 rings (SSSR count). The van der Waals surface area contributed by atoms with E-state index in [1.165, 1.54) is 11.7 Å². The first-order valence-corrected chi connectivity index (χ1v) is 7.17. The molecule has 0 aliphatic heterocycles. The summed E-state index contributed by atoms with van der Waals surface area (Å²) in [7, 11) is 3.16. The van der Waals surface area contributed by atoms with Crippen molar-refractivity contribution in [2.24, 2.45) is 14.1 Å². The van der Waals surface area contributed by atoms with Gasteiger partial charge in [-0.1, -0.05) is 29.8 Å². The smallest absolute Gasteiger partial charge is 0.369 e. The third-order valence-corrected chi connectivity index (χ3v) is 3.68. The molecule has 0 atom stereocenters. The summed E-state index contributed by atoms with van der Waals surface area (Å²) < 4.78 is 17.1. The zero-order valence-electron chi connectivity index (χ0n) is 13.8. The van der Waals surface area contributed by atoms with Crippen LogP contribution in [0.1, 0.15) is 12.5 Å². The Balaban J connectivity index is 1.97. The highest BCUT2D eigenvalue weighted by Crippen LogP contribution is 2.24. The molecule has 8 nitrogen and oxygen atoms in total. The number of rotatable bonds is 4. The van der Waals surface area contributed by atoms with Gasteiger partial charge in [-0.2, -0.15) is 9.78 Å². The second kappa shape index (κ2) is 5.88. The van der Waals surface area contributed by atoms with E-state index in [0.717, 1.165) is 14.9 Å². The fourth-order valence-electron chi connectivity index (χ4n) is 2.17. The number of ether oxygens (including phenoxy) is 1. The van der Waals surface area contributed by atoms with Crippen LogP contribution in [0.4, 0.5) is 0 Å². The number of hydrogen-bond acceptors (Lipinski definition) is 5. The lowest BCUT2D eigenvalue weighted by atomic mass is 10.2. The quantitative estimate of drug-likeness (QED) is 0.716. The van der Waals surface area contributed by atoms with Crippen molar-refractivity contribution in [2.45, 2.75) is 13.5 Å². The molecule has 9 heteroatoms. The summed E-state index contributed by atoms with van der Waals surface area (Å²) in [6.07, 6.45) is 0. The van der Waals surface area contributed by atoms with E-state index in [4.69, 9.17) is 17.7 Å². The summed E-state index contributed by atoms with van der Waals surface area (Å²) in [5, 5.41) is 11.9. The van der Waals surface area contributed by atoms with Crippen molar-refractivity contribution >= 4 is 11.6 Å². The average molecular weight is 337 g/mol. The van der Waals surface area contributed by atoms with Gasteiger partial charge in [0, 0.05) is 14.1 Å². The zero-order chi connectivity index (χ0) is 17.4. The van der Waals surface area contributed by atoms with Gasteiger partial charge in [0.1, 0.15) is 12.4 Å². The summed E-state index contributed by atoms with van der Waals surface area (Å²) in [5.41, 5.74) is 0.947. The Morgan fingerprint density at radius 3 is 2.74 bits per heavy atom. The van der Waals surface area contributed by atoms with Gasteiger partial charge in [-0.25, -0.2) is 9.48 Å². The zero-order valence-corrected chi connectivity index (χ0v) is 13.6. The SMILES string of the molecule is [3H]c1ccc(OCc2c(Cl)nn(C)c2-n2nnn(C)c2=O)c(C)c1. The minimum Gasteiger partial charge on any atom is -0.488 e. The number of para-hydroxylation sites is 1. The van der Waals surface area contributed by atoms with Gasteiger partial charge in [0.2, 0.25) is 0 Å². The van der Waals surface area contributed by atoms with Gasteiger partial charge >= 0.3 is 5.69 Å². The van der Waals surface area contributed by atoms with Crippen molar-refractivity contribution in [3.05, 3.63) is 51.0 Å². The van der Waals surface area contributed by atoms with Gasteiger partial charge in [0.25, 0.3) is 0 Å². The van der Waals surface area contributed by atoms with Crippen molar-refractivity contribution in [2.75, 3.05) is 0 Å². The van der Waals surface area contributed by atoms with E-state index < -0.39 is 5.69 Å². The molecular formula is C14H15ClN6O2. The molecule has 2 heterocycles. The Morgan fingerprint density at radius 2 is 2.09 bits per heavy atom. The lowest BCUT2D eigenvalue weighted by Crippen LogP contribution is -2.24. The number of nitrogens with zero attached hydrogens (tertiary/aromatic N) is 6. The Labute approximate surface area is 138 Å². The number of aromatic nitrogens is 6. The third-order valence-electron chi connectivity index (χ3n) is 3.38. The van der Waals surface area contributed by atoms with E-state index in [1.54, 1.807) is 25.2 Å². The third kappa shape index (κ3) is 2.72. The maximum atomic E-state index is 12.1. The number of tetrazole rings is 1. The van der Waals surface area contributed by atoms with Crippen molar-refractivity contribution in [1.82, 2.24) is 29.6 Å². The van der Waals surface area contributed by atoms with Crippen LogP contribution >= 0.6 is 11.6 Å². The minimum atomic E-state index is -0.411. The molecule has 0 aliphatic carbocycles. The van der Waals surface area contributed by atoms with Gasteiger partial charge in [-0.3, -0.25) is 0 Å². The van der Waals surface area contributed by atoms with E-state index in [1.807, 2.05) is 6.92 Å². The molecule has 0 bridgehead atoms. The molecule has 0 saturated heterocycles. The number of aryl methyl sites for hydroxylation is 3. The van der Waals surface area contributed by atoms with Crippen LogP contribution in [0.3, 0.4) is 0 Å². The standard InChI is InChI=1S/C14H15ClN6O2/c1-9-6-4-5-7-11(9)23-8-10-12(15)16-19(2)13(10)21-14(22)20(3)17-18-21/h4-7H,8H2,1-3H3/i4T. The highest BCUT2D eigenvalue weighted by molar-refractivity contribution is 6.30. The van der Waals surface area contributed by atoms with Crippen molar-refractivity contribution in [1.29, 1.82) is 0 Å². The molecule has 2 aromatic heterocycles. The lowest BCUT2D eigenvalue weighted by Gasteiger charge is -2.09. The van der Waals surface area contributed by atoms with Crippen LogP contribution in [0.15, 0.2) is 29.0 Å². The van der Waals surface area contributed by atoms with Crippen LogP contribution < -0.4 is 10.4 Å². The Bertz CT molecular complexity index is 961. The molecule has 0 amide bonds. The molecule has 120 valence electrons. The van der Waals surface area contributed by atoms with Crippen molar-refractivity contribution in [3.63, 3.8) is 0 Å². The molecule has 0 radical (unpaired) electrons. The Kier molecular flexibility index (Phi) is 3.58. The predicted molar refractivity (Wildman–Crippen MR) is 83.9 cm³/mol. The normalized spacial score (nSPS) is 11.6. The first kappa shape index (κ1) is 14.0. The van der Waals surface area contributed by atoms with E-state index >= 15 is 0 Å².